The summed E-state index contributed by atoms with van der Waals surface area (Å²) in [4.78, 5) is 32.2. The fourth-order valence-corrected chi connectivity index (χ4v) is 2.38. The summed E-state index contributed by atoms with van der Waals surface area (Å²) in [6, 6.07) is 3.54. The van der Waals surface area contributed by atoms with Gasteiger partial charge in [0, 0.05) is 13.0 Å². The van der Waals surface area contributed by atoms with Crippen LogP contribution in [-0.2, 0) is 13.6 Å². The van der Waals surface area contributed by atoms with Crippen LogP contribution in [0, 0.1) is 0 Å². The molecule has 1 atom stereocenters. The molecule has 0 fully saturated rings. The molecule has 0 spiro atoms. The summed E-state index contributed by atoms with van der Waals surface area (Å²) in [5.74, 6) is 1.54. The van der Waals surface area contributed by atoms with Crippen molar-refractivity contribution in [1.29, 1.82) is 0 Å². The number of fused-ring (bicyclic) bond motifs is 1. The summed E-state index contributed by atoms with van der Waals surface area (Å²) in [7, 11) is 1.46. The maximum absolute atomic E-state index is 12.4. The Hall–Kier alpha value is -2.57. The van der Waals surface area contributed by atoms with Gasteiger partial charge in [0.2, 0.25) is 0 Å². The molecule has 3 rings (SSSR count). The Morgan fingerprint density at radius 2 is 2.18 bits per heavy atom. The molecule has 7 nitrogen and oxygen atoms in total. The molecule has 0 aliphatic heterocycles. The standard InChI is InChI=1S/C15H18N4O3/c1-4-9(2)12-16-11-13(17-12)19(8-10-6-5-7-22-10)15(21)18(3)14(11)20/h5-7,9H,4,8H2,1-3H3,(H,16,17). The van der Waals surface area contributed by atoms with E-state index in [1.54, 1.807) is 18.4 Å². The van der Waals surface area contributed by atoms with Gasteiger partial charge in [-0.15, -0.1) is 0 Å². The predicted octanol–water partition coefficient (Wildman–Crippen LogP) is 1.58. The highest BCUT2D eigenvalue weighted by Crippen LogP contribution is 2.17. The SMILES string of the molecule is CCC(C)c1nc2c([nH]1)c(=O)n(C)c(=O)n2Cc1ccco1. The van der Waals surface area contributed by atoms with Crippen LogP contribution in [0.3, 0.4) is 0 Å². The Balaban J connectivity index is 2.27. The second kappa shape index (κ2) is 5.32. The molecule has 0 bridgehead atoms. The molecule has 7 heteroatoms. The number of nitrogens with one attached hydrogen (secondary N) is 1. The first-order valence-electron chi connectivity index (χ1n) is 7.24. The molecule has 0 saturated carbocycles. The quantitative estimate of drug-likeness (QED) is 0.792. The van der Waals surface area contributed by atoms with Crippen LogP contribution in [-0.4, -0.2) is 19.1 Å². The van der Waals surface area contributed by atoms with Crippen LogP contribution >= 0.6 is 0 Å². The number of rotatable bonds is 4. The van der Waals surface area contributed by atoms with E-state index in [1.165, 1.54) is 11.6 Å². The lowest BCUT2D eigenvalue weighted by atomic mass is 10.1. The fraction of sp³-hybridized carbons (Fsp3) is 0.400. The monoisotopic (exact) mass is 302 g/mol. The van der Waals surface area contributed by atoms with Crippen molar-refractivity contribution >= 4 is 11.2 Å². The van der Waals surface area contributed by atoms with Crippen LogP contribution in [0.5, 0.6) is 0 Å². The first kappa shape index (κ1) is 14.4. The van der Waals surface area contributed by atoms with Gasteiger partial charge in [-0.1, -0.05) is 13.8 Å². The molecule has 0 aromatic carbocycles. The minimum absolute atomic E-state index is 0.185. The Morgan fingerprint density at radius 1 is 1.41 bits per heavy atom. The number of furan rings is 1. The van der Waals surface area contributed by atoms with Crippen molar-refractivity contribution in [2.75, 3.05) is 0 Å². The van der Waals surface area contributed by atoms with Crippen LogP contribution in [0.25, 0.3) is 11.2 Å². The summed E-state index contributed by atoms with van der Waals surface area (Å²) in [6.07, 6.45) is 2.44. The molecule has 0 saturated heterocycles. The van der Waals surface area contributed by atoms with Crippen LogP contribution < -0.4 is 11.2 Å². The van der Waals surface area contributed by atoms with E-state index in [4.69, 9.17) is 4.42 Å². The fourth-order valence-electron chi connectivity index (χ4n) is 2.38. The number of imidazole rings is 1. The highest BCUT2D eigenvalue weighted by atomic mass is 16.3. The predicted molar refractivity (Wildman–Crippen MR) is 82.1 cm³/mol. The molecule has 22 heavy (non-hydrogen) atoms. The Labute approximate surface area is 126 Å². The number of nitrogens with zero attached hydrogens (tertiary/aromatic N) is 3. The van der Waals surface area contributed by atoms with Gasteiger partial charge in [0.05, 0.1) is 12.8 Å². The number of hydrogen-bond acceptors (Lipinski definition) is 4. The summed E-state index contributed by atoms with van der Waals surface area (Å²) in [5, 5.41) is 0. The number of H-pyrrole nitrogens is 1. The van der Waals surface area contributed by atoms with Crippen molar-refractivity contribution < 1.29 is 4.42 Å². The summed E-state index contributed by atoms with van der Waals surface area (Å²) in [6.45, 7) is 4.31. The van der Waals surface area contributed by atoms with Crippen LogP contribution in [0.4, 0.5) is 0 Å². The van der Waals surface area contributed by atoms with Gasteiger partial charge < -0.3 is 9.40 Å². The van der Waals surface area contributed by atoms with Crippen LogP contribution in [0.2, 0.25) is 0 Å². The van der Waals surface area contributed by atoms with E-state index in [1.807, 2.05) is 13.8 Å². The minimum atomic E-state index is -0.406. The Bertz CT molecular complexity index is 915. The summed E-state index contributed by atoms with van der Waals surface area (Å²) in [5.41, 5.74) is -0.0439. The van der Waals surface area contributed by atoms with Crippen molar-refractivity contribution in [3.05, 3.63) is 50.8 Å². The smallest absolute Gasteiger partial charge is 0.332 e. The molecule has 3 heterocycles. The topological polar surface area (TPSA) is 85.8 Å². The van der Waals surface area contributed by atoms with Gasteiger partial charge in [0.25, 0.3) is 5.56 Å². The molecule has 0 amide bonds. The molecular formula is C15H18N4O3. The van der Waals surface area contributed by atoms with E-state index >= 15 is 0 Å². The molecular weight excluding hydrogens is 284 g/mol. The Kier molecular flexibility index (Phi) is 3.48. The average Bonchev–Trinajstić information content (AvgIpc) is 3.17. The molecule has 1 N–H and O–H groups in total. The molecule has 1 unspecified atom stereocenters. The van der Waals surface area contributed by atoms with Gasteiger partial charge in [-0.2, -0.15) is 0 Å². The number of aromatic nitrogens is 4. The zero-order valence-corrected chi connectivity index (χ0v) is 12.8. The lowest BCUT2D eigenvalue weighted by molar-refractivity contribution is 0.486. The number of hydrogen-bond donors (Lipinski definition) is 1. The van der Waals surface area contributed by atoms with E-state index in [0.29, 0.717) is 22.7 Å². The number of aromatic amines is 1. The second-order valence-corrected chi connectivity index (χ2v) is 5.44. The second-order valence-electron chi connectivity index (χ2n) is 5.44. The molecule has 0 aliphatic carbocycles. The van der Waals surface area contributed by atoms with E-state index in [9.17, 15) is 9.59 Å². The van der Waals surface area contributed by atoms with E-state index in [0.717, 1.165) is 11.0 Å². The maximum Gasteiger partial charge on any atom is 0.332 e. The van der Waals surface area contributed by atoms with Gasteiger partial charge in [0.1, 0.15) is 17.1 Å². The third-order valence-corrected chi connectivity index (χ3v) is 3.97. The lowest BCUT2D eigenvalue weighted by Crippen LogP contribution is -2.38. The van der Waals surface area contributed by atoms with Gasteiger partial charge in [-0.25, -0.2) is 9.78 Å². The van der Waals surface area contributed by atoms with Gasteiger partial charge in [-0.05, 0) is 18.6 Å². The van der Waals surface area contributed by atoms with Crippen molar-refractivity contribution in [2.24, 2.45) is 7.05 Å². The average molecular weight is 302 g/mol. The van der Waals surface area contributed by atoms with Crippen molar-refractivity contribution in [3.8, 4) is 0 Å². The largest absolute Gasteiger partial charge is 0.467 e. The van der Waals surface area contributed by atoms with Gasteiger partial charge in [0.15, 0.2) is 5.65 Å². The lowest BCUT2D eigenvalue weighted by Gasteiger charge is -2.06. The Morgan fingerprint density at radius 3 is 2.82 bits per heavy atom. The first-order valence-corrected chi connectivity index (χ1v) is 7.24. The molecule has 0 radical (unpaired) electrons. The summed E-state index contributed by atoms with van der Waals surface area (Å²) < 4.78 is 7.85. The summed E-state index contributed by atoms with van der Waals surface area (Å²) >= 11 is 0. The van der Waals surface area contributed by atoms with Crippen molar-refractivity contribution in [1.82, 2.24) is 19.1 Å². The van der Waals surface area contributed by atoms with Crippen LogP contribution in [0.15, 0.2) is 32.4 Å². The molecule has 3 aromatic heterocycles. The highest BCUT2D eigenvalue weighted by Gasteiger charge is 2.18. The highest BCUT2D eigenvalue weighted by molar-refractivity contribution is 5.70. The first-order chi connectivity index (χ1) is 10.5. The van der Waals surface area contributed by atoms with Crippen molar-refractivity contribution in [3.63, 3.8) is 0 Å². The van der Waals surface area contributed by atoms with E-state index in [2.05, 4.69) is 9.97 Å². The molecule has 3 aromatic rings. The molecule has 0 aliphatic rings. The minimum Gasteiger partial charge on any atom is -0.467 e. The molecule has 116 valence electrons. The third-order valence-electron chi connectivity index (χ3n) is 3.97. The zero-order chi connectivity index (χ0) is 15.9. The van der Waals surface area contributed by atoms with Crippen LogP contribution in [0.1, 0.15) is 37.8 Å². The zero-order valence-electron chi connectivity index (χ0n) is 12.8. The van der Waals surface area contributed by atoms with Gasteiger partial charge >= 0.3 is 5.69 Å². The maximum atomic E-state index is 12.4. The normalized spacial score (nSPS) is 12.9. The van der Waals surface area contributed by atoms with E-state index < -0.39 is 5.69 Å². The van der Waals surface area contributed by atoms with E-state index in [-0.39, 0.29) is 18.0 Å². The van der Waals surface area contributed by atoms with Crippen molar-refractivity contribution in [2.45, 2.75) is 32.7 Å². The third kappa shape index (κ3) is 2.18. The van der Waals surface area contributed by atoms with Gasteiger partial charge in [-0.3, -0.25) is 13.9 Å².